The summed E-state index contributed by atoms with van der Waals surface area (Å²) in [5.41, 5.74) is 0. The van der Waals surface area contributed by atoms with Gasteiger partial charge in [-0.1, -0.05) is 6.92 Å². The molecule has 0 saturated carbocycles. The van der Waals surface area contributed by atoms with Gasteiger partial charge < -0.3 is 0 Å². The molecular formula is C13H25O3Sn. The molecule has 99 valence electrons. The first-order valence-corrected chi connectivity index (χ1v) is 9.13. The standard InChI is InChI=1S/C13H26O2.O.Sn/c1-3-4-5-6-7-8-9-10-11-12(2)13(14)15;;/h12H,3-11H2,1-2H3,(H,14,15);;/q;;+1/p-1. The van der Waals surface area contributed by atoms with Gasteiger partial charge in [0.15, 0.2) is 0 Å². The summed E-state index contributed by atoms with van der Waals surface area (Å²) in [4.78, 5) is 11.2. The van der Waals surface area contributed by atoms with Crippen LogP contribution in [0.5, 0.6) is 0 Å². The Morgan fingerprint density at radius 2 is 1.59 bits per heavy atom. The molecule has 1 radical (unpaired) electrons. The fraction of sp³-hybridized carbons (Fsp3) is 0.923. The van der Waals surface area contributed by atoms with Crippen LogP contribution in [-0.2, 0) is 10.9 Å². The van der Waals surface area contributed by atoms with Crippen LogP contribution in [0.3, 0.4) is 0 Å². The van der Waals surface area contributed by atoms with Gasteiger partial charge in [-0.15, -0.1) is 0 Å². The molecule has 0 aliphatic rings. The maximum atomic E-state index is 11.2. The van der Waals surface area contributed by atoms with Crippen molar-refractivity contribution in [3.63, 3.8) is 0 Å². The van der Waals surface area contributed by atoms with Gasteiger partial charge in [-0.3, -0.25) is 0 Å². The Labute approximate surface area is 116 Å². The average molecular weight is 348 g/mol. The van der Waals surface area contributed by atoms with E-state index in [4.69, 9.17) is 0 Å². The van der Waals surface area contributed by atoms with E-state index in [-0.39, 0.29) is 11.9 Å². The third kappa shape index (κ3) is 10.9. The van der Waals surface area contributed by atoms with Crippen molar-refractivity contribution in [2.24, 2.45) is 5.92 Å². The molecule has 0 amide bonds. The van der Waals surface area contributed by atoms with Crippen molar-refractivity contribution < 1.29 is 10.9 Å². The van der Waals surface area contributed by atoms with E-state index in [1.54, 1.807) is 0 Å². The Bertz CT molecular complexity index is 207. The Kier molecular flexibility index (Phi) is 12.6. The van der Waals surface area contributed by atoms with Crippen molar-refractivity contribution in [1.29, 1.82) is 0 Å². The first-order valence-electron chi connectivity index (χ1n) is 6.80. The molecule has 4 heteroatoms. The zero-order chi connectivity index (χ0) is 12.9. The second kappa shape index (κ2) is 12.5. The third-order valence-corrected chi connectivity index (χ3v) is 3.85. The Balaban J connectivity index is 3.27. The molecule has 0 spiro atoms. The van der Waals surface area contributed by atoms with Crippen LogP contribution in [0.15, 0.2) is 0 Å². The van der Waals surface area contributed by atoms with Crippen molar-refractivity contribution in [1.82, 2.24) is 0 Å². The molecule has 1 atom stereocenters. The van der Waals surface area contributed by atoms with E-state index in [1.165, 1.54) is 44.9 Å². The SMILES string of the molecule is CCCCCCCCCCC(C)C(=O)[O][Sn]=[O]. The van der Waals surface area contributed by atoms with Gasteiger partial charge in [-0.25, -0.2) is 0 Å². The van der Waals surface area contributed by atoms with Gasteiger partial charge >= 0.3 is 109 Å². The van der Waals surface area contributed by atoms with Crippen LogP contribution in [0.2, 0.25) is 0 Å². The zero-order valence-electron chi connectivity index (χ0n) is 11.2. The van der Waals surface area contributed by atoms with E-state index < -0.39 is 21.5 Å². The van der Waals surface area contributed by atoms with Crippen LogP contribution in [0.25, 0.3) is 0 Å². The van der Waals surface area contributed by atoms with Gasteiger partial charge in [-0.05, 0) is 0 Å². The Hall–Kier alpha value is 0.0687. The van der Waals surface area contributed by atoms with Crippen molar-refractivity contribution in [2.45, 2.75) is 71.6 Å². The minimum absolute atomic E-state index is 0.0788. The quantitative estimate of drug-likeness (QED) is 0.423. The zero-order valence-corrected chi connectivity index (χ0v) is 14.0. The minimum atomic E-state index is -2.06. The third-order valence-electron chi connectivity index (χ3n) is 3.04. The number of rotatable bonds is 11. The number of carbonyl (C=O) groups excluding carboxylic acids is 1. The Morgan fingerprint density at radius 3 is 2.12 bits per heavy atom. The van der Waals surface area contributed by atoms with Crippen LogP contribution < -0.4 is 0 Å². The van der Waals surface area contributed by atoms with Crippen molar-refractivity contribution in [2.75, 3.05) is 0 Å². The van der Waals surface area contributed by atoms with E-state index in [0.717, 1.165) is 12.8 Å². The van der Waals surface area contributed by atoms with Crippen LogP contribution in [0.4, 0.5) is 0 Å². The van der Waals surface area contributed by atoms with Gasteiger partial charge in [-0.2, -0.15) is 0 Å². The van der Waals surface area contributed by atoms with Crippen LogP contribution >= 0.6 is 0 Å². The van der Waals surface area contributed by atoms with Crippen LogP contribution in [-0.4, -0.2) is 27.5 Å². The molecule has 0 heterocycles. The van der Waals surface area contributed by atoms with Crippen molar-refractivity contribution in [3.05, 3.63) is 0 Å². The molecular weight excluding hydrogens is 323 g/mol. The first kappa shape index (κ1) is 17.1. The maximum absolute atomic E-state index is 11.2. The molecule has 0 aromatic heterocycles. The molecule has 0 aromatic carbocycles. The summed E-state index contributed by atoms with van der Waals surface area (Å²) in [7, 11) is 0. The summed E-state index contributed by atoms with van der Waals surface area (Å²) in [6, 6.07) is 0. The molecule has 3 nitrogen and oxygen atoms in total. The fourth-order valence-corrected chi connectivity index (χ4v) is 2.65. The molecule has 0 fully saturated rings. The van der Waals surface area contributed by atoms with E-state index in [1.807, 2.05) is 6.92 Å². The monoisotopic (exact) mass is 349 g/mol. The average Bonchev–Trinajstić information content (AvgIpc) is 2.32. The van der Waals surface area contributed by atoms with Crippen molar-refractivity contribution in [3.8, 4) is 0 Å². The van der Waals surface area contributed by atoms with Gasteiger partial charge in [0.25, 0.3) is 0 Å². The second-order valence-corrected chi connectivity index (χ2v) is 5.73. The van der Waals surface area contributed by atoms with E-state index in [9.17, 15) is 7.87 Å². The summed E-state index contributed by atoms with van der Waals surface area (Å²) >= 11 is -2.06. The number of carbonyl (C=O) groups is 1. The first-order chi connectivity index (χ1) is 8.22. The summed E-state index contributed by atoms with van der Waals surface area (Å²) in [5, 5.41) is 0. The van der Waals surface area contributed by atoms with E-state index >= 15 is 0 Å². The predicted molar refractivity (Wildman–Crippen MR) is 68.9 cm³/mol. The number of hydrogen-bond acceptors (Lipinski definition) is 3. The van der Waals surface area contributed by atoms with Crippen LogP contribution in [0.1, 0.15) is 71.6 Å². The van der Waals surface area contributed by atoms with Gasteiger partial charge in [0.05, 0.1) is 0 Å². The predicted octanol–water partition coefficient (Wildman–Crippen LogP) is 3.66. The Morgan fingerprint density at radius 1 is 1.06 bits per heavy atom. The summed E-state index contributed by atoms with van der Waals surface area (Å²) in [5.74, 6) is -0.348. The van der Waals surface area contributed by atoms with Gasteiger partial charge in [0.1, 0.15) is 0 Å². The topological polar surface area (TPSA) is 43.4 Å². The fourth-order valence-electron chi connectivity index (χ4n) is 1.84. The molecule has 17 heavy (non-hydrogen) atoms. The second-order valence-electron chi connectivity index (χ2n) is 4.67. The molecule has 0 aliphatic heterocycles. The van der Waals surface area contributed by atoms with E-state index in [2.05, 4.69) is 10.00 Å². The molecule has 0 saturated heterocycles. The number of hydrogen-bond donors (Lipinski definition) is 0. The summed E-state index contributed by atoms with van der Waals surface area (Å²) in [6.07, 6.45) is 11.1. The van der Waals surface area contributed by atoms with E-state index in [0.29, 0.717) is 0 Å². The van der Waals surface area contributed by atoms with Gasteiger partial charge in [0, 0.05) is 0 Å². The summed E-state index contributed by atoms with van der Waals surface area (Å²) in [6.45, 7) is 4.09. The van der Waals surface area contributed by atoms with Gasteiger partial charge in [0.2, 0.25) is 0 Å². The van der Waals surface area contributed by atoms with Crippen molar-refractivity contribution >= 4 is 27.5 Å². The molecule has 1 unspecified atom stereocenters. The molecule has 0 rings (SSSR count). The molecule has 0 N–H and O–H groups in total. The summed E-state index contributed by atoms with van der Waals surface area (Å²) < 4.78 is 14.9. The molecule has 0 aliphatic carbocycles. The molecule has 0 bridgehead atoms. The van der Waals surface area contributed by atoms with Crippen LogP contribution in [0, 0.1) is 5.92 Å². The normalized spacial score (nSPS) is 12.1. The molecule has 0 aromatic rings. The number of unbranched alkanes of at least 4 members (excludes halogenated alkanes) is 7.